The van der Waals surface area contributed by atoms with Gasteiger partial charge >= 0.3 is 0 Å². The summed E-state index contributed by atoms with van der Waals surface area (Å²) in [5.74, 6) is 0.148. The van der Waals surface area contributed by atoms with Gasteiger partial charge in [-0.3, -0.25) is 9.59 Å². The Morgan fingerprint density at radius 3 is 2.41 bits per heavy atom. The Labute approximate surface area is 104 Å². The van der Waals surface area contributed by atoms with E-state index >= 15 is 0 Å². The van der Waals surface area contributed by atoms with Gasteiger partial charge in [-0.2, -0.15) is 0 Å². The van der Waals surface area contributed by atoms with Crippen LogP contribution in [-0.2, 0) is 14.3 Å². The summed E-state index contributed by atoms with van der Waals surface area (Å²) in [4.78, 5) is 21.9. The minimum absolute atomic E-state index is 0.0318. The van der Waals surface area contributed by atoms with Crippen LogP contribution in [0.5, 0.6) is 0 Å². The lowest BCUT2D eigenvalue weighted by molar-refractivity contribution is -0.122. The molecule has 0 aliphatic heterocycles. The third-order valence-corrected chi connectivity index (χ3v) is 2.42. The fraction of sp³-hybridized carbons (Fsp3) is 0.846. The molecule has 0 spiro atoms. The second kappa shape index (κ2) is 11.6. The lowest BCUT2D eigenvalue weighted by Gasteiger charge is -2.05. The van der Waals surface area contributed by atoms with E-state index in [9.17, 15) is 9.59 Å². The molecule has 0 aromatic heterocycles. The number of rotatable bonds is 11. The van der Waals surface area contributed by atoms with Crippen LogP contribution in [-0.4, -0.2) is 31.4 Å². The molecule has 4 heteroatoms. The molecule has 0 atom stereocenters. The standard InChI is InChI=1S/C13H25NO3/c1-3-4-5-6-9-14-13(16)8-11-17-10-7-12(2)15/h3-11H2,1-2H3,(H,14,16). The van der Waals surface area contributed by atoms with Crippen LogP contribution in [0.25, 0.3) is 0 Å². The zero-order valence-corrected chi connectivity index (χ0v) is 11.1. The van der Waals surface area contributed by atoms with Crippen molar-refractivity contribution in [2.24, 2.45) is 0 Å². The van der Waals surface area contributed by atoms with Gasteiger partial charge in [0.05, 0.1) is 13.2 Å². The monoisotopic (exact) mass is 243 g/mol. The smallest absolute Gasteiger partial charge is 0.222 e. The fourth-order valence-electron chi connectivity index (χ4n) is 1.35. The Morgan fingerprint density at radius 1 is 1.06 bits per heavy atom. The quantitative estimate of drug-likeness (QED) is 0.565. The molecular formula is C13H25NO3. The average Bonchev–Trinajstić information content (AvgIpc) is 2.28. The van der Waals surface area contributed by atoms with E-state index in [-0.39, 0.29) is 11.7 Å². The number of hydrogen-bond acceptors (Lipinski definition) is 3. The summed E-state index contributed by atoms with van der Waals surface area (Å²) in [6.45, 7) is 5.27. The molecule has 1 N–H and O–H groups in total. The van der Waals surface area contributed by atoms with E-state index in [0.717, 1.165) is 13.0 Å². The van der Waals surface area contributed by atoms with Gasteiger partial charge in [0.1, 0.15) is 5.78 Å². The normalized spacial score (nSPS) is 10.2. The first-order chi connectivity index (χ1) is 8.16. The van der Waals surface area contributed by atoms with Crippen molar-refractivity contribution in [2.75, 3.05) is 19.8 Å². The van der Waals surface area contributed by atoms with Crippen LogP contribution < -0.4 is 5.32 Å². The highest BCUT2D eigenvalue weighted by Crippen LogP contribution is 1.97. The molecule has 100 valence electrons. The van der Waals surface area contributed by atoms with Gasteiger partial charge in [-0.05, 0) is 13.3 Å². The first-order valence-electron chi connectivity index (χ1n) is 6.50. The average molecular weight is 243 g/mol. The van der Waals surface area contributed by atoms with E-state index in [2.05, 4.69) is 12.2 Å². The van der Waals surface area contributed by atoms with E-state index in [4.69, 9.17) is 4.74 Å². The Balaban J connectivity index is 3.20. The highest BCUT2D eigenvalue weighted by molar-refractivity contribution is 5.76. The van der Waals surface area contributed by atoms with E-state index in [1.807, 2.05) is 0 Å². The topological polar surface area (TPSA) is 55.4 Å². The summed E-state index contributed by atoms with van der Waals surface area (Å²) in [6.07, 6.45) is 5.46. The van der Waals surface area contributed by atoms with Crippen molar-refractivity contribution in [1.29, 1.82) is 0 Å². The third kappa shape index (κ3) is 13.0. The molecule has 0 aliphatic rings. The van der Waals surface area contributed by atoms with Gasteiger partial charge in [-0.25, -0.2) is 0 Å². The number of ether oxygens (including phenoxy) is 1. The number of ketones is 1. The highest BCUT2D eigenvalue weighted by Gasteiger charge is 2.00. The zero-order valence-electron chi connectivity index (χ0n) is 11.1. The molecule has 0 rings (SSSR count). The molecule has 4 nitrogen and oxygen atoms in total. The van der Waals surface area contributed by atoms with E-state index in [0.29, 0.717) is 26.1 Å². The van der Waals surface area contributed by atoms with Crippen molar-refractivity contribution in [3.8, 4) is 0 Å². The SMILES string of the molecule is CCCCCCNC(=O)CCOCCC(C)=O. The molecule has 0 heterocycles. The maximum absolute atomic E-state index is 11.3. The summed E-state index contributed by atoms with van der Waals surface area (Å²) in [7, 11) is 0. The van der Waals surface area contributed by atoms with Crippen molar-refractivity contribution in [1.82, 2.24) is 5.32 Å². The van der Waals surface area contributed by atoms with E-state index in [1.54, 1.807) is 0 Å². The fourth-order valence-corrected chi connectivity index (χ4v) is 1.35. The van der Waals surface area contributed by atoms with Gasteiger partial charge in [0.25, 0.3) is 0 Å². The number of carbonyl (C=O) groups is 2. The predicted molar refractivity (Wildman–Crippen MR) is 67.9 cm³/mol. The molecule has 0 aliphatic carbocycles. The molecule has 0 unspecified atom stereocenters. The third-order valence-electron chi connectivity index (χ3n) is 2.42. The van der Waals surface area contributed by atoms with Crippen LogP contribution in [0.4, 0.5) is 0 Å². The maximum atomic E-state index is 11.3. The van der Waals surface area contributed by atoms with Crippen LogP contribution >= 0.6 is 0 Å². The summed E-state index contributed by atoms with van der Waals surface area (Å²) < 4.78 is 5.18. The van der Waals surface area contributed by atoms with E-state index in [1.165, 1.54) is 26.2 Å². The predicted octanol–water partition coefficient (Wildman–Crippen LogP) is 2.07. The minimum Gasteiger partial charge on any atom is -0.380 e. The molecule has 0 aromatic carbocycles. The molecule has 0 saturated heterocycles. The highest BCUT2D eigenvalue weighted by atomic mass is 16.5. The van der Waals surface area contributed by atoms with Crippen LogP contribution in [0, 0.1) is 0 Å². The van der Waals surface area contributed by atoms with Crippen LogP contribution in [0.15, 0.2) is 0 Å². The second-order valence-electron chi connectivity index (χ2n) is 4.23. The lowest BCUT2D eigenvalue weighted by atomic mass is 10.2. The Bertz CT molecular complexity index is 217. The van der Waals surface area contributed by atoms with Crippen LogP contribution in [0.2, 0.25) is 0 Å². The molecule has 17 heavy (non-hydrogen) atoms. The Morgan fingerprint density at radius 2 is 1.76 bits per heavy atom. The molecule has 0 aromatic rings. The molecular weight excluding hydrogens is 218 g/mol. The summed E-state index contributed by atoms with van der Waals surface area (Å²) in [5.41, 5.74) is 0. The molecule has 1 amide bonds. The number of unbranched alkanes of at least 4 members (excludes halogenated alkanes) is 3. The van der Waals surface area contributed by atoms with E-state index < -0.39 is 0 Å². The number of nitrogens with one attached hydrogen (secondary N) is 1. The number of amides is 1. The van der Waals surface area contributed by atoms with Gasteiger partial charge < -0.3 is 10.1 Å². The molecule has 0 fully saturated rings. The number of Topliss-reactive ketones (excluding diaryl/α,β-unsaturated/α-hetero) is 1. The lowest BCUT2D eigenvalue weighted by Crippen LogP contribution is -2.25. The molecule has 0 bridgehead atoms. The van der Waals surface area contributed by atoms with Crippen molar-refractivity contribution >= 4 is 11.7 Å². The summed E-state index contributed by atoms with van der Waals surface area (Å²) in [6, 6.07) is 0. The molecule has 0 saturated carbocycles. The maximum Gasteiger partial charge on any atom is 0.222 e. The van der Waals surface area contributed by atoms with Crippen molar-refractivity contribution in [2.45, 2.75) is 52.4 Å². The zero-order chi connectivity index (χ0) is 12.9. The van der Waals surface area contributed by atoms with Crippen molar-refractivity contribution in [3.05, 3.63) is 0 Å². The summed E-state index contributed by atoms with van der Waals surface area (Å²) >= 11 is 0. The van der Waals surface area contributed by atoms with Crippen molar-refractivity contribution < 1.29 is 14.3 Å². The summed E-state index contributed by atoms with van der Waals surface area (Å²) in [5, 5.41) is 2.86. The Hall–Kier alpha value is -0.900. The Kier molecular flexibility index (Phi) is 11.0. The second-order valence-corrected chi connectivity index (χ2v) is 4.23. The first kappa shape index (κ1) is 16.1. The van der Waals surface area contributed by atoms with Crippen LogP contribution in [0.3, 0.4) is 0 Å². The van der Waals surface area contributed by atoms with Gasteiger partial charge in [0.15, 0.2) is 0 Å². The first-order valence-corrected chi connectivity index (χ1v) is 6.50. The largest absolute Gasteiger partial charge is 0.380 e. The molecule has 0 radical (unpaired) electrons. The van der Waals surface area contributed by atoms with Gasteiger partial charge in [-0.15, -0.1) is 0 Å². The van der Waals surface area contributed by atoms with Gasteiger partial charge in [0.2, 0.25) is 5.91 Å². The minimum atomic E-state index is 0.0318. The van der Waals surface area contributed by atoms with Crippen LogP contribution in [0.1, 0.15) is 52.4 Å². The van der Waals surface area contributed by atoms with Gasteiger partial charge in [-0.1, -0.05) is 26.2 Å². The number of carbonyl (C=O) groups excluding carboxylic acids is 2. The number of hydrogen-bond donors (Lipinski definition) is 1. The van der Waals surface area contributed by atoms with Crippen molar-refractivity contribution in [3.63, 3.8) is 0 Å². The van der Waals surface area contributed by atoms with Gasteiger partial charge in [0, 0.05) is 19.4 Å².